The van der Waals surface area contributed by atoms with Gasteiger partial charge in [-0.05, 0) is 42.5 Å². The molecule has 0 unspecified atom stereocenters. The first-order valence-electron chi connectivity index (χ1n) is 12.3. The Kier molecular flexibility index (Phi) is 7.12. The van der Waals surface area contributed by atoms with Crippen LogP contribution in [-0.4, -0.2) is 55.6 Å². The lowest BCUT2D eigenvalue weighted by molar-refractivity contribution is -0.114. The summed E-state index contributed by atoms with van der Waals surface area (Å²) in [5, 5.41) is 14.8. The van der Waals surface area contributed by atoms with Crippen LogP contribution >= 0.6 is 0 Å². The van der Waals surface area contributed by atoms with E-state index in [1.165, 1.54) is 19.1 Å². The highest BCUT2D eigenvalue weighted by Crippen LogP contribution is 2.22. The minimum Gasteiger partial charge on any atom is -0.368 e. The maximum atomic E-state index is 13.2. The average molecular weight is 510 g/mol. The zero-order valence-corrected chi connectivity index (χ0v) is 20.8. The number of carbonyl (C=O) groups excluding carboxylic acids is 3. The summed E-state index contributed by atoms with van der Waals surface area (Å²) in [6.07, 6.45) is 0. The molecule has 0 fully saturated rings. The summed E-state index contributed by atoms with van der Waals surface area (Å²) in [5.74, 6) is 0.425. The second-order valence-corrected chi connectivity index (χ2v) is 8.83. The molecule has 3 aromatic carbocycles. The van der Waals surface area contributed by atoms with Gasteiger partial charge in [-0.1, -0.05) is 24.3 Å². The van der Waals surface area contributed by atoms with Crippen molar-refractivity contribution in [3.05, 3.63) is 89.0 Å². The van der Waals surface area contributed by atoms with Crippen LogP contribution in [-0.2, 0) is 4.79 Å². The lowest BCUT2D eigenvalue weighted by atomic mass is 10.1. The van der Waals surface area contributed by atoms with Crippen LogP contribution in [0.3, 0.4) is 0 Å². The highest BCUT2D eigenvalue weighted by Gasteiger charge is 2.18. The van der Waals surface area contributed by atoms with Crippen molar-refractivity contribution in [2.75, 3.05) is 42.1 Å². The number of nitrogens with one attached hydrogen (secondary N) is 5. The van der Waals surface area contributed by atoms with E-state index in [1.54, 1.807) is 18.2 Å². The Balaban J connectivity index is 1.34. The second kappa shape index (κ2) is 11.0. The van der Waals surface area contributed by atoms with Gasteiger partial charge >= 0.3 is 0 Å². The first-order chi connectivity index (χ1) is 18.5. The number of nitrogens with zero attached hydrogens (tertiary/aromatic N) is 2. The fraction of sp³-hybridized carbons (Fsp3) is 0.179. The van der Waals surface area contributed by atoms with E-state index in [4.69, 9.17) is 0 Å². The number of amides is 3. The van der Waals surface area contributed by atoms with Gasteiger partial charge in [0.15, 0.2) is 0 Å². The topological polar surface area (TPSA) is 136 Å². The van der Waals surface area contributed by atoms with Gasteiger partial charge in [-0.2, -0.15) is 0 Å². The Morgan fingerprint density at radius 3 is 1.82 bits per heavy atom. The molecule has 10 nitrogen and oxygen atoms in total. The number of hydrogen-bond donors (Lipinski definition) is 5. The first kappa shape index (κ1) is 24.7. The van der Waals surface area contributed by atoms with Crippen molar-refractivity contribution in [2.45, 2.75) is 6.92 Å². The van der Waals surface area contributed by atoms with Gasteiger partial charge < -0.3 is 26.6 Å². The Morgan fingerprint density at radius 1 is 0.711 bits per heavy atom. The van der Waals surface area contributed by atoms with Crippen molar-refractivity contribution < 1.29 is 14.4 Å². The van der Waals surface area contributed by atoms with E-state index in [9.17, 15) is 14.4 Å². The number of hydrogen-bond acceptors (Lipinski definition) is 7. The molecule has 5 rings (SSSR count). The summed E-state index contributed by atoms with van der Waals surface area (Å²) in [6, 6.07) is 19.3. The molecule has 5 N–H and O–H groups in total. The lowest BCUT2D eigenvalue weighted by Gasteiger charge is -2.14. The van der Waals surface area contributed by atoms with E-state index >= 15 is 0 Å². The Bertz CT molecular complexity index is 1480. The van der Waals surface area contributed by atoms with E-state index in [-0.39, 0.29) is 23.1 Å². The monoisotopic (exact) mass is 509 g/mol. The molecule has 2 aliphatic rings. The van der Waals surface area contributed by atoms with Gasteiger partial charge in [-0.15, -0.1) is 0 Å². The minimum absolute atomic E-state index is 0.228. The maximum absolute atomic E-state index is 13.2. The summed E-state index contributed by atoms with van der Waals surface area (Å²) < 4.78 is 0. The van der Waals surface area contributed by atoms with Crippen LogP contribution < -0.4 is 26.6 Å². The summed E-state index contributed by atoms with van der Waals surface area (Å²) in [5.41, 5.74) is 3.69. The molecule has 0 saturated carbocycles. The predicted octanol–water partition coefficient (Wildman–Crippen LogP) is 2.85. The molecule has 2 aliphatic heterocycles. The summed E-state index contributed by atoms with van der Waals surface area (Å²) in [4.78, 5) is 46.9. The van der Waals surface area contributed by atoms with Crippen molar-refractivity contribution in [1.82, 2.24) is 10.6 Å². The standard InChI is InChI=1S/C28H27N7O3/c1-17(36)33-24-16-20(27(37)34-21-6-2-4-18(14-21)25-29-10-11-30-25)8-9-23(24)28(38)35-22-7-3-5-19(15-22)26-31-12-13-32-26/h2-9,14-16H,10-13H2,1H3,(H,29,30)(H,31,32)(H,33,36)(H,34,37)(H,35,38). The molecule has 0 spiro atoms. The lowest BCUT2D eigenvalue weighted by Crippen LogP contribution is -2.21. The van der Waals surface area contributed by atoms with Gasteiger partial charge in [0.25, 0.3) is 11.8 Å². The highest BCUT2D eigenvalue weighted by molar-refractivity contribution is 6.13. The summed E-state index contributed by atoms with van der Waals surface area (Å²) >= 11 is 0. The van der Waals surface area contributed by atoms with Crippen molar-refractivity contribution >= 4 is 46.5 Å². The molecule has 3 amide bonds. The van der Waals surface area contributed by atoms with Crippen LogP contribution in [0.5, 0.6) is 0 Å². The van der Waals surface area contributed by atoms with E-state index in [0.29, 0.717) is 23.5 Å². The number of anilines is 3. The maximum Gasteiger partial charge on any atom is 0.257 e. The van der Waals surface area contributed by atoms with Gasteiger partial charge in [0, 0.05) is 48.1 Å². The third-order valence-electron chi connectivity index (χ3n) is 5.97. The van der Waals surface area contributed by atoms with E-state index in [2.05, 4.69) is 36.6 Å². The molecule has 2 heterocycles. The molecular formula is C28H27N7O3. The molecule has 0 radical (unpaired) electrons. The normalized spacial score (nSPS) is 14.0. The quantitative estimate of drug-likeness (QED) is 0.334. The summed E-state index contributed by atoms with van der Waals surface area (Å²) in [7, 11) is 0. The Morgan fingerprint density at radius 2 is 1.29 bits per heavy atom. The highest BCUT2D eigenvalue weighted by atomic mass is 16.2. The van der Waals surface area contributed by atoms with Gasteiger partial charge in [-0.25, -0.2) is 0 Å². The zero-order chi connectivity index (χ0) is 26.5. The molecule has 0 bridgehead atoms. The minimum atomic E-state index is -0.420. The van der Waals surface area contributed by atoms with Crippen LogP contribution in [0.1, 0.15) is 38.8 Å². The molecule has 3 aromatic rings. The fourth-order valence-corrected chi connectivity index (χ4v) is 4.25. The Labute approximate surface area is 219 Å². The fourth-order valence-electron chi connectivity index (χ4n) is 4.25. The van der Waals surface area contributed by atoms with E-state index in [0.717, 1.165) is 42.4 Å². The first-order valence-corrected chi connectivity index (χ1v) is 12.3. The van der Waals surface area contributed by atoms with Gasteiger partial charge in [-0.3, -0.25) is 24.4 Å². The SMILES string of the molecule is CC(=O)Nc1cc(C(=O)Nc2cccc(C3=NCCN3)c2)ccc1C(=O)Nc1cccc(C2=NCCN2)c1. The number of rotatable bonds is 7. The molecule has 10 heteroatoms. The van der Waals surface area contributed by atoms with Crippen LogP contribution in [0.25, 0.3) is 0 Å². The van der Waals surface area contributed by atoms with Crippen LogP contribution in [0.2, 0.25) is 0 Å². The molecular weight excluding hydrogens is 482 g/mol. The van der Waals surface area contributed by atoms with Crippen LogP contribution in [0, 0.1) is 0 Å². The molecule has 38 heavy (non-hydrogen) atoms. The number of carbonyl (C=O) groups is 3. The number of amidine groups is 2. The zero-order valence-electron chi connectivity index (χ0n) is 20.8. The van der Waals surface area contributed by atoms with Crippen LogP contribution in [0.4, 0.5) is 17.1 Å². The summed E-state index contributed by atoms with van der Waals surface area (Å²) in [6.45, 7) is 4.34. The van der Waals surface area contributed by atoms with Crippen LogP contribution in [0.15, 0.2) is 76.7 Å². The number of aliphatic imine (C=N–C) groups is 2. The van der Waals surface area contributed by atoms with Gasteiger partial charge in [0.2, 0.25) is 5.91 Å². The predicted molar refractivity (Wildman–Crippen MR) is 148 cm³/mol. The third kappa shape index (κ3) is 5.70. The third-order valence-corrected chi connectivity index (χ3v) is 5.97. The molecule has 0 aliphatic carbocycles. The molecule has 0 saturated heterocycles. The molecule has 0 atom stereocenters. The van der Waals surface area contributed by atoms with Crippen molar-refractivity contribution in [2.24, 2.45) is 9.98 Å². The van der Waals surface area contributed by atoms with Crippen molar-refractivity contribution in [3.63, 3.8) is 0 Å². The van der Waals surface area contributed by atoms with Gasteiger partial charge in [0.1, 0.15) is 11.7 Å². The molecule has 192 valence electrons. The van der Waals surface area contributed by atoms with E-state index in [1.807, 2.05) is 36.4 Å². The number of benzene rings is 3. The average Bonchev–Trinajstić information content (AvgIpc) is 3.64. The molecule has 0 aromatic heterocycles. The van der Waals surface area contributed by atoms with Gasteiger partial charge in [0.05, 0.1) is 24.3 Å². The van der Waals surface area contributed by atoms with E-state index < -0.39 is 5.91 Å². The van der Waals surface area contributed by atoms with Crippen molar-refractivity contribution in [1.29, 1.82) is 0 Å². The largest absolute Gasteiger partial charge is 0.368 e. The Hall–Kier alpha value is -4.99. The van der Waals surface area contributed by atoms with Crippen molar-refractivity contribution in [3.8, 4) is 0 Å². The smallest absolute Gasteiger partial charge is 0.257 e. The second-order valence-electron chi connectivity index (χ2n) is 8.83.